The fraction of sp³-hybridized carbons (Fsp3) is 0.0417. The first kappa shape index (κ1) is 16.9. The topological polar surface area (TPSA) is 50.4 Å². The maximum absolute atomic E-state index is 11.9. The first-order chi connectivity index (χ1) is 13.1. The van der Waals surface area contributed by atoms with Crippen LogP contribution in [0, 0.1) is 0 Å². The van der Waals surface area contributed by atoms with Crippen LogP contribution in [0.5, 0.6) is 0 Å². The molecular weight excluding hydrogens is 336 g/mol. The molecule has 1 N–H and O–H groups in total. The first-order valence-electron chi connectivity index (χ1n) is 8.70. The molecule has 132 valence electrons. The zero-order valence-corrected chi connectivity index (χ0v) is 14.9. The summed E-state index contributed by atoms with van der Waals surface area (Å²) in [4.78, 5) is 11.9. The molecule has 0 saturated carbocycles. The molecule has 2 aliphatic rings. The Hall–Kier alpha value is -3.59. The van der Waals surface area contributed by atoms with Crippen LogP contribution in [-0.4, -0.2) is 5.11 Å². The van der Waals surface area contributed by atoms with Crippen molar-refractivity contribution < 1.29 is 9.52 Å². The van der Waals surface area contributed by atoms with Gasteiger partial charge in [-0.15, -0.1) is 0 Å². The second kappa shape index (κ2) is 6.61. The highest BCUT2D eigenvalue weighted by molar-refractivity contribution is 6.03. The van der Waals surface area contributed by atoms with E-state index in [0.717, 1.165) is 27.6 Å². The molecule has 1 heterocycles. The lowest BCUT2D eigenvalue weighted by atomic mass is 9.91. The van der Waals surface area contributed by atoms with Gasteiger partial charge >= 0.3 is 0 Å². The largest absolute Gasteiger partial charge is 0.508 e. The van der Waals surface area contributed by atoms with Crippen molar-refractivity contribution in [1.29, 1.82) is 0 Å². The summed E-state index contributed by atoms with van der Waals surface area (Å²) in [6.07, 6.45) is 3.33. The Morgan fingerprint density at radius 3 is 2.56 bits per heavy atom. The van der Waals surface area contributed by atoms with Crippen molar-refractivity contribution in [1.82, 2.24) is 0 Å². The predicted octanol–water partition coefficient (Wildman–Crippen LogP) is 6.13. The van der Waals surface area contributed by atoms with Crippen LogP contribution in [0.4, 0.5) is 0 Å². The third-order valence-corrected chi connectivity index (χ3v) is 4.70. The molecule has 4 rings (SSSR count). The lowest BCUT2D eigenvalue weighted by Gasteiger charge is -2.17. The van der Waals surface area contributed by atoms with E-state index in [0.29, 0.717) is 16.9 Å². The fourth-order valence-corrected chi connectivity index (χ4v) is 3.39. The summed E-state index contributed by atoms with van der Waals surface area (Å²) in [7, 11) is 0. The number of fused-ring (bicyclic) bond motifs is 2. The molecule has 2 aromatic rings. The third kappa shape index (κ3) is 2.83. The lowest BCUT2D eigenvalue weighted by Crippen LogP contribution is -2.00. The van der Waals surface area contributed by atoms with E-state index in [-0.39, 0.29) is 11.2 Å². The van der Waals surface area contributed by atoms with E-state index in [1.54, 1.807) is 31.2 Å². The van der Waals surface area contributed by atoms with Crippen LogP contribution >= 0.6 is 0 Å². The second-order valence-electron chi connectivity index (χ2n) is 6.31. The number of hydrogen-bond donors (Lipinski definition) is 1. The van der Waals surface area contributed by atoms with Gasteiger partial charge < -0.3 is 9.52 Å². The van der Waals surface area contributed by atoms with Crippen LogP contribution in [0.3, 0.4) is 0 Å². The molecule has 0 fully saturated rings. The van der Waals surface area contributed by atoms with Crippen molar-refractivity contribution in [2.24, 2.45) is 0 Å². The molecule has 2 aromatic carbocycles. The molecule has 1 aliphatic heterocycles. The van der Waals surface area contributed by atoms with E-state index in [4.69, 9.17) is 4.42 Å². The number of hydrogen-bond acceptors (Lipinski definition) is 3. The van der Waals surface area contributed by atoms with Gasteiger partial charge in [0, 0.05) is 28.1 Å². The molecule has 3 nitrogen and oxygen atoms in total. The number of aliphatic hydroxyl groups is 1. The Morgan fingerprint density at radius 1 is 1.07 bits per heavy atom. The van der Waals surface area contributed by atoms with Gasteiger partial charge in [-0.25, -0.2) is 0 Å². The summed E-state index contributed by atoms with van der Waals surface area (Å²) in [5, 5.41) is 11.2. The molecule has 0 aromatic heterocycles. The quantitative estimate of drug-likeness (QED) is 0.356. The highest BCUT2D eigenvalue weighted by Gasteiger charge is 2.19. The highest BCUT2D eigenvalue weighted by Crippen LogP contribution is 2.41. The van der Waals surface area contributed by atoms with Gasteiger partial charge in [0.2, 0.25) is 0 Å². The van der Waals surface area contributed by atoms with Gasteiger partial charge in [0.05, 0.1) is 0 Å². The van der Waals surface area contributed by atoms with Gasteiger partial charge in [0.1, 0.15) is 17.1 Å². The molecular formula is C24H18O3. The smallest absolute Gasteiger partial charge is 0.182 e. The maximum Gasteiger partial charge on any atom is 0.182 e. The van der Waals surface area contributed by atoms with Crippen molar-refractivity contribution >= 4 is 22.8 Å². The number of rotatable bonds is 3. The van der Waals surface area contributed by atoms with Crippen LogP contribution in [0.1, 0.15) is 18.1 Å². The Balaban J connectivity index is 2.22. The number of benzene rings is 3. The summed E-state index contributed by atoms with van der Waals surface area (Å²) >= 11 is 0. The minimum absolute atomic E-state index is 0.100. The Kier molecular flexibility index (Phi) is 4.13. The molecule has 1 aliphatic carbocycles. The molecule has 3 heteroatoms. The van der Waals surface area contributed by atoms with Gasteiger partial charge in [0.25, 0.3) is 0 Å². The molecule has 0 unspecified atom stereocenters. The minimum atomic E-state index is -0.100. The van der Waals surface area contributed by atoms with Crippen LogP contribution in [0.25, 0.3) is 45.3 Å². The Bertz CT molecular complexity index is 1210. The van der Waals surface area contributed by atoms with Gasteiger partial charge in [-0.2, -0.15) is 0 Å². The van der Waals surface area contributed by atoms with Gasteiger partial charge in [0.15, 0.2) is 5.43 Å². The minimum Gasteiger partial charge on any atom is -0.508 e. The van der Waals surface area contributed by atoms with Crippen molar-refractivity contribution in [2.75, 3.05) is 0 Å². The summed E-state index contributed by atoms with van der Waals surface area (Å²) in [5.41, 5.74) is 4.81. The Morgan fingerprint density at radius 2 is 1.85 bits per heavy atom. The van der Waals surface area contributed by atoms with Crippen LogP contribution in [0.15, 0.2) is 82.5 Å². The summed E-state index contributed by atoms with van der Waals surface area (Å²) in [6.45, 7) is 5.62. The van der Waals surface area contributed by atoms with E-state index in [1.165, 1.54) is 6.07 Å². The van der Waals surface area contributed by atoms with Crippen molar-refractivity contribution in [2.45, 2.75) is 6.92 Å². The number of aliphatic hydroxyl groups excluding tert-OH is 1. The average Bonchev–Trinajstić information content (AvgIpc) is 2.71. The third-order valence-electron chi connectivity index (χ3n) is 4.70. The van der Waals surface area contributed by atoms with Crippen LogP contribution in [-0.2, 0) is 0 Å². The Labute approximate surface area is 156 Å². The van der Waals surface area contributed by atoms with E-state index < -0.39 is 0 Å². The summed E-state index contributed by atoms with van der Waals surface area (Å²) in [5.74, 6) is 0.715. The van der Waals surface area contributed by atoms with E-state index in [2.05, 4.69) is 6.58 Å². The molecule has 0 bridgehead atoms. The molecule has 0 atom stereocenters. The zero-order valence-electron chi connectivity index (χ0n) is 14.9. The highest BCUT2D eigenvalue weighted by atomic mass is 16.3. The zero-order chi connectivity index (χ0) is 19.0. The average molecular weight is 354 g/mol. The monoisotopic (exact) mass is 354 g/mol. The standard InChI is InChI=1S/C24H18O3/c1-3-15-12-22-20(14-19(15)21(26)4-2)24(16-8-6-5-7-9-16)18-11-10-17(25)13-23(18)27-22/h3-14,26H,1H2,2H3/b21-4+. The van der Waals surface area contributed by atoms with E-state index in [1.807, 2.05) is 42.5 Å². The fourth-order valence-electron chi connectivity index (χ4n) is 3.39. The molecule has 0 amide bonds. The molecule has 0 spiro atoms. The second-order valence-corrected chi connectivity index (χ2v) is 6.31. The lowest BCUT2D eigenvalue weighted by molar-refractivity contribution is 0.511. The van der Waals surface area contributed by atoms with Crippen molar-refractivity contribution in [3.8, 4) is 22.5 Å². The summed E-state index contributed by atoms with van der Waals surface area (Å²) < 4.78 is 6.05. The predicted molar refractivity (Wildman–Crippen MR) is 111 cm³/mol. The maximum atomic E-state index is 11.9. The van der Waals surface area contributed by atoms with Crippen molar-refractivity contribution in [3.63, 3.8) is 0 Å². The van der Waals surface area contributed by atoms with Gasteiger partial charge in [-0.3, -0.25) is 4.79 Å². The van der Waals surface area contributed by atoms with Crippen LogP contribution in [0.2, 0.25) is 0 Å². The van der Waals surface area contributed by atoms with Crippen LogP contribution < -0.4 is 5.43 Å². The molecule has 0 saturated heterocycles. The van der Waals surface area contributed by atoms with E-state index >= 15 is 0 Å². The summed E-state index contributed by atoms with van der Waals surface area (Å²) in [6, 6.07) is 18.6. The van der Waals surface area contributed by atoms with E-state index in [9.17, 15) is 9.90 Å². The molecule has 0 radical (unpaired) electrons. The number of allylic oxidation sites excluding steroid dienone is 1. The SMILES string of the molecule is C=Cc1cc2oc3cc(=O)ccc-3c(-c3ccccc3)c2cc1/C(O)=C\C. The van der Waals surface area contributed by atoms with Gasteiger partial charge in [-0.05, 0) is 48.4 Å². The normalized spacial score (nSPS) is 11.8. The van der Waals surface area contributed by atoms with Gasteiger partial charge in [-0.1, -0.05) is 43.0 Å². The molecule has 27 heavy (non-hydrogen) atoms. The first-order valence-corrected chi connectivity index (χ1v) is 8.70. The van der Waals surface area contributed by atoms with Crippen molar-refractivity contribution in [3.05, 3.63) is 94.7 Å².